The van der Waals surface area contributed by atoms with Crippen LogP contribution in [0.25, 0.3) is 10.9 Å². The fourth-order valence-electron chi connectivity index (χ4n) is 3.27. The Morgan fingerprint density at radius 3 is 2.67 bits per heavy atom. The van der Waals surface area contributed by atoms with E-state index in [4.69, 9.17) is 11.6 Å². The molecule has 1 heterocycles. The summed E-state index contributed by atoms with van der Waals surface area (Å²) >= 11 is 6.02. The number of nitrogens with zero attached hydrogens (tertiary/aromatic N) is 2. The lowest BCUT2D eigenvalue weighted by molar-refractivity contribution is 0.261. The Kier molecular flexibility index (Phi) is 4.29. The van der Waals surface area contributed by atoms with Crippen LogP contribution in [-0.4, -0.2) is 9.55 Å². The Bertz CT molecular complexity index is 687. The molecule has 1 aromatic heterocycles. The molecule has 3 nitrogen and oxygen atoms in total. The van der Waals surface area contributed by atoms with Gasteiger partial charge in [0.05, 0.1) is 16.8 Å². The van der Waals surface area contributed by atoms with Crippen molar-refractivity contribution in [1.82, 2.24) is 9.55 Å². The molecule has 1 aliphatic carbocycles. The highest BCUT2D eigenvalue weighted by Crippen LogP contribution is 2.29. The molecule has 0 aliphatic heterocycles. The van der Waals surface area contributed by atoms with Crippen molar-refractivity contribution < 1.29 is 0 Å². The van der Waals surface area contributed by atoms with Crippen molar-refractivity contribution in [2.45, 2.75) is 45.0 Å². The molecule has 0 amide bonds. The SMILES string of the molecule is CC1CCC(Cn2c(CCl)nc3ccccc3c2=O)CC1. The molecule has 0 unspecified atom stereocenters. The van der Waals surface area contributed by atoms with Crippen molar-refractivity contribution in [1.29, 1.82) is 0 Å². The third kappa shape index (κ3) is 2.98. The first-order valence-corrected chi connectivity index (χ1v) is 8.27. The maximum atomic E-state index is 12.7. The summed E-state index contributed by atoms with van der Waals surface area (Å²) in [7, 11) is 0. The highest BCUT2D eigenvalue weighted by Gasteiger charge is 2.20. The van der Waals surface area contributed by atoms with E-state index in [2.05, 4.69) is 11.9 Å². The van der Waals surface area contributed by atoms with Gasteiger partial charge in [-0.3, -0.25) is 9.36 Å². The Morgan fingerprint density at radius 1 is 1.24 bits per heavy atom. The van der Waals surface area contributed by atoms with Crippen LogP contribution < -0.4 is 5.56 Å². The fourth-order valence-corrected chi connectivity index (χ4v) is 3.48. The monoisotopic (exact) mass is 304 g/mol. The minimum absolute atomic E-state index is 0.0508. The number of benzene rings is 1. The summed E-state index contributed by atoms with van der Waals surface area (Å²) in [6.45, 7) is 3.07. The van der Waals surface area contributed by atoms with Gasteiger partial charge in [0.1, 0.15) is 5.82 Å². The number of rotatable bonds is 3. The van der Waals surface area contributed by atoms with Crippen molar-refractivity contribution in [3.05, 3.63) is 40.4 Å². The maximum Gasteiger partial charge on any atom is 0.261 e. The van der Waals surface area contributed by atoms with Gasteiger partial charge in [-0.05, 0) is 36.8 Å². The molecule has 3 rings (SSSR count). The smallest absolute Gasteiger partial charge is 0.261 e. The normalized spacial score (nSPS) is 22.6. The van der Waals surface area contributed by atoms with E-state index in [1.807, 2.05) is 24.3 Å². The molecule has 21 heavy (non-hydrogen) atoms. The first kappa shape index (κ1) is 14.6. The summed E-state index contributed by atoms with van der Waals surface area (Å²) in [4.78, 5) is 17.3. The number of para-hydroxylation sites is 1. The molecular weight excluding hydrogens is 284 g/mol. The lowest BCUT2D eigenvalue weighted by atomic mass is 9.83. The van der Waals surface area contributed by atoms with Crippen molar-refractivity contribution in [2.24, 2.45) is 11.8 Å². The summed E-state index contributed by atoms with van der Waals surface area (Å²) in [6, 6.07) is 7.51. The number of halogens is 1. The molecule has 1 aromatic carbocycles. The van der Waals surface area contributed by atoms with Crippen LogP contribution >= 0.6 is 11.6 Å². The van der Waals surface area contributed by atoms with E-state index in [-0.39, 0.29) is 11.4 Å². The number of hydrogen-bond acceptors (Lipinski definition) is 2. The maximum absolute atomic E-state index is 12.7. The average Bonchev–Trinajstić information content (AvgIpc) is 2.52. The van der Waals surface area contributed by atoms with Crippen LogP contribution in [0.2, 0.25) is 0 Å². The first-order chi connectivity index (χ1) is 10.2. The molecular formula is C17H21ClN2O. The van der Waals surface area contributed by atoms with Crippen LogP contribution in [0.1, 0.15) is 38.4 Å². The standard InChI is InChI=1S/C17H21ClN2O/c1-12-6-8-13(9-7-12)11-20-16(10-18)19-15-5-3-2-4-14(15)17(20)21/h2-5,12-13H,6-11H2,1H3. The highest BCUT2D eigenvalue weighted by molar-refractivity contribution is 6.16. The molecule has 0 N–H and O–H groups in total. The van der Waals surface area contributed by atoms with Crippen LogP contribution in [0.3, 0.4) is 0 Å². The quantitative estimate of drug-likeness (QED) is 0.804. The molecule has 0 radical (unpaired) electrons. The number of aromatic nitrogens is 2. The van der Waals surface area contributed by atoms with Crippen LogP contribution in [-0.2, 0) is 12.4 Å². The molecule has 0 atom stereocenters. The second kappa shape index (κ2) is 6.18. The van der Waals surface area contributed by atoms with E-state index in [0.717, 1.165) is 18.0 Å². The summed E-state index contributed by atoms with van der Waals surface area (Å²) in [5.41, 5.74) is 0.793. The number of hydrogen-bond donors (Lipinski definition) is 0. The lowest BCUT2D eigenvalue weighted by Crippen LogP contribution is -2.29. The molecule has 0 saturated heterocycles. The zero-order valence-electron chi connectivity index (χ0n) is 12.4. The highest BCUT2D eigenvalue weighted by atomic mass is 35.5. The average molecular weight is 305 g/mol. The molecule has 112 valence electrons. The van der Waals surface area contributed by atoms with Gasteiger partial charge in [-0.1, -0.05) is 31.9 Å². The Balaban J connectivity index is 1.97. The molecule has 1 aliphatic rings. The van der Waals surface area contributed by atoms with E-state index >= 15 is 0 Å². The molecule has 1 saturated carbocycles. The second-order valence-corrected chi connectivity index (χ2v) is 6.49. The Hall–Kier alpha value is -1.35. The van der Waals surface area contributed by atoms with Crippen molar-refractivity contribution in [2.75, 3.05) is 0 Å². The third-order valence-corrected chi connectivity index (χ3v) is 4.88. The van der Waals surface area contributed by atoms with Gasteiger partial charge >= 0.3 is 0 Å². The van der Waals surface area contributed by atoms with Gasteiger partial charge in [0, 0.05) is 6.54 Å². The zero-order valence-corrected chi connectivity index (χ0v) is 13.1. The Labute approximate surface area is 130 Å². The van der Waals surface area contributed by atoms with E-state index < -0.39 is 0 Å². The van der Waals surface area contributed by atoms with Gasteiger partial charge in [-0.15, -0.1) is 11.6 Å². The third-order valence-electron chi connectivity index (χ3n) is 4.64. The molecule has 0 bridgehead atoms. The largest absolute Gasteiger partial charge is 0.295 e. The summed E-state index contributed by atoms with van der Waals surface area (Å²) in [5, 5.41) is 0.690. The van der Waals surface area contributed by atoms with Gasteiger partial charge in [0.25, 0.3) is 5.56 Å². The van der Waals surface area contributed by atoms with Gasteiger partial charge < -0.3 is 0 Å². The molecule has 0 spiro atoms. The van der Waals surface area contributed by atoms with Crippen molar-refractivity contribution >= 4 is 22.5 Å². The molecule has 4 heteroatoms. The van der Waals surface area contributed by atoms with E-state index in [9.17, 15) is 4.79 Å². The van der Waals surface area contributed by atoms with Gasteiger partial charge in [-0.25, -0.2) is 4.98 Å². The summed E-state index contributed by atoms with van der Waals surface area (Å²) in [6.07, 6.45) is 4.91. The number of alkyl halides is 1. The van der Waals surface area contributed by atoms with Crippen molar-refractivity contribution in [3.8, 4) is 0 Å². The minimum Gasteiger partial charge on any atom is -0.295 e. The molecule has 2 aromatic rings. The predicted molar refractivity (Wildman–Crippen MR) is 86.7 cm³/mol. The van der Waals surface area contributed by atoms with Crippen LogP contribution in [0.4, 0.5) is 0 Å². The first-order valence-electron chi connectivity index (χ1n) is 7.73. The topological polar surface area (TPSA) is 34.9 Å². The fraction of sp³-hybridized carbons (Fsp3) is 0.529. The van der Waals surface area contributed by atoms with Gasteiger partial charge in [0.15, 0.2) is 0 Å². The molecule has 1 fully saturated rings. The van der Waals surface area contributed by atoms with E-state index in [1.165, 1.54) is 25.7 Å². The van der Waals surface area contributed by atoms with E-state index in [1.54, 1.807) is 4.57 Å². The van der Waals surface area contributed by atoms with Crippen LogP contribution in [0, 0.1) is 11.8 Å². The Morgan fingerprint density at radius 2 is 1.95 bits per heavy atom. The summed E-state index contributed by atoms with van der Waals surface area (Å²) < 4.78 is 1.80. The zero-order chi connectivity index (χ0) is 14.8. The van der Waals surface area contributed by atoms with Gasteiger partial charge in [-0.2, -0.15) is 0 Å². The number of fused-ring (bicyclic) bond motifs is 1. The van der Waals surface area contributed by atoms with Gasteiger partial charge in [0.2, 0.25) is 0 Å². The summed E-state index contributed by atoms with van der Waals surface area (Å²) in [5.74, 6) is 2.37. The lowest BCUT2D eigenvalue weighted by Gasteiger charge is -2.27. The predicted octanol–water partition coefficient (Wildman–Crippen LogP) is 3.96. The second-order valence-electron chi connectivity index (χ2n) is 6.22. The minimum atomic E-state index is 0.0508. The van der Waals surface area contributed by atoms with Crippen LogP contribution in [0.5, 0.6) is 0 Å². The van der Waals surface area contributed by atoms with Crippen molar-refractivity contribution in [3.63, 3.8) is 0 Å². The van der Waals surface area contributed by atoms with Crippen LogP contribution in [0.15, 0.2) is 29.1 Å². The van der Waals surface area contributed by atoms with E-state index in [0.29, 0.717) is 17.1 Å².